The molecule has 0 fully saturated rings. The third-order valence-electron chi connectivity index (χ3n) is 6.33. The Labute approximate surface area is 197 Å². The lowest BCUT2D eigenvalue weighted by atomic mass is 10.0. The first kappa shape index (κ1) is 19.9. The molecule has 0 atom stereocenters. The lowest BCUT2D eigenvalue weighted by Gasteiger charge is -2.11. The molecule has 6 rings (SSSR count). The highest BCUT2D eigenvalue weighted by atomic mass is 32.1. The Morgan fingerprint density at radius 2 is 1.52 bits per heavy atom. The zero-order valence-electron chi connectivity index (χ0n) is 18.9. The number of thiazole rings is 1. The Bertz CT molecular complexity index is 1640. The van der Waals surface area contributed by atoms with Gasteiger partial charge in [0.05, 0.1) is 27.8 Å². The largest absolute Gasteiger partial charge is 0.295 e. The van der Waals surface area contributed by atoms with Crippen LogP contribution in [0.1, 0.15) is 10.6 Å². The summed E-state index contributed by atoms with van der Waals surface area (Å²) in [7, 11) is 2.17. The molecule has 0 N–H and O–H groups in total. The van der Waals surface area contributed by atoms with Crippen LogP contribution in [0.4, 0.5) is 0 Å². The minimum absolute atomic E-state index is 1.08. The highest BCUT2D eigenvalue weighted by Crippen LogP contribution is 2.36. The molecule has 0 aliphatic rings. The minimum Gasteiger partial charge on any atom is -0.242 e. The van der Waals surface area contributed by atoms with E-state index in [1.165, 1.54) is 49.5 Å². The number of hydrogen-bond acceptors (Lipinski definition) is 2. The summed E-state index contributed by atoms with van der Waals surface area (Å²) in [5.41, 5.74) is 9.54. The van der Waals surface area contributed by atoms with Gasteiger partial charge in [-0.15, -0.1) is 11.3 Å². The highest BCUT2D eigenvalue weighted by Gasteiger charge is 2.29. The van der Waals surface area contributed by atoms with Gasteiger partial charge >= 0.3 is 0 Å². The monoisotopic (exact) mass is 446 g/mol. The maximum atomic E-state index is 4.71. The lowest BCUT2D eigenvalue weighted by molar-refractivity contribution is -0.633. The zero-order chi connectivity index (χ0) is 22.5. The van der Waals surface area contributed by atoms with Gasteiger partial charge in [-0.25, -0.2) is 9.55 Å². The van der Waals surface area contributed by atoms with Gasteiger partial charge in [0.2, 0.25) is 0 Å². The third-order valence-corrected chi connectivity index (χ3v) is 7.26. The van der Waals surface area contributed by atoms with Gasteiger partial charge in [-0.3, -0.25) is 0 Å². The van der Waals surface area contributed by atoms with Crippen LogP contribution in [0.2, 0.25) is 0 Å². The average molecular weight is 447 g/mol. The van der Waals surface area contributed by atoms with Crippen molar-refractivity contribution in [1.82, 2.24) is 9.55 Å². The predicted octanol–water partition coefficient (Wildman–Crippen LogP) is 7.02. The molecule has 4 aromatic carbocycles. The molecule has 0 amide bonds. The van der Waals surface area contributed by atoms with Crippen molar-refractivity contribution in [2.75, 3.05) is 0 Å². The number of benzene rings is 4. The number of fused-ring (bicyclic) bond motifs is 2. The van der Waals surface area contributed by atoms with E-state index < -0.39 is 0 Å². The Kier molecular flexibility index (Phi) is 4.63. The fourth-order valence-electron chi connectivity index (χ4n) is 4.82. The van der Waals surface area contributed by atoms with E-state index in [2.05, 4.69) is 121 Å². The molecule has 0 aliphatic carbocycles. The number of rotatable bonds is 3. The quantitative estimate of drug-likeness (QED) is 0.268. The van der Waals surface area contributed by atoms with Gasteiger partial charge in [-0.1, -0.05) is 60.7 Å². The molecule has 0 unspecified atom stereocenters. The number of para-hydroxylation sites is 3. The van der Waals surface area contributed by atoms with E-state index in [9.17, 15) is 0 Å². The molecule has 0 radical (unpaired) electrons. The van der Waals surface area contributed by atoms with E-state index in [1.807, 2.05) is 0 Å². The van der Waals surface area contributed by atoms with Crippen LogP contribution < -0.4 is 4.57 Å². The van der Waals surface area contributed by atoms with Crippen LogP contribution in [0, 0.1) is 13.8 Å². The summed E-state index contributed by atoms with van der Waals surface area (Å²) < 4.78 is 5.96. The van der Waals surface area contributed by atoms with Gasteiger partial charge < -0.3 is 0 Å². The van der Waals surface area contributed by atoms with Gasteiger partial charge in [0, 0.05) is 5.56 Å². The molecule has 0 saturated carbocycles. The molecule has 2 heterocycles. The zero-order valence-corrected chi connectivity index (χ0v) is 19.7. The summed E-state index contributed by atoms with van der Waals surface area (Å²) in [6, 6.07) is 32.5. The number of imidazole rings is 1. The summed E-state index contributed by atoms with van der Waals surface area (Å²) in [5, 5.41) is 1.10. The predicted molar refractivity (Wildman–Crippen MR) is 138 cm³/mol. The lowest BCUT2D eigenvalue weighted by Crippen LogP contribution is -2.30. The van der Waals surface area contributed by atoms with Gasteiger partial charge in [-0.05, 0) is 55.3 Å². The smallest absolute Gasteiger partial charge is 0.242 e. The summed E-state index contributed by atoms with van der Waals surface area (Å²) in [6.07, 6.45) is 0. The number of hydrogen-bond donors (Lipinski definition) is 0. The van der Waals surface area contributed by atoms with Crippen molar-refractivity contribution in [2.45, 2.75) is 13.8 Å². The van der Waals surface area contributed by atoms with Gasteiger partial charge in [0.1, 0.15) is 5.69 Å². The molecule has 0 spiro atoms. The van der Waals surface area contributed by atoms with Crippen LogP contribution in [-0.2, 0) is 7.05 Å². The molecule has 160 valence electrons. The SMILES string of the molecule is Cc1nc2cc(C)c(-c3n(-c4ccccc4-c4ccccc4)c4ccccc4[n+]3C)cc2s1. The second kappa shape index (κ2) is 7.68. The molecule has 2 aromatic heterocycles. The standard InChI is InChI=1S/C29H24N3S/c1-19-17-24-28(33-20(2)30-24)18-23(19)29-31(3)26-15-9-10-16-27(26)32(29)25-14-8-7-13-22(25)21-11-5-4-6-12-21/h4-18H,1-3H3/q+1. The molecular formula is C29H24N3S+. The maximum Gasteiger partial charge on any atom is 0.295 e. The van der Waals surface area contributed by atoms with Crippen molar-refractivity contribution in [1.29, 1.82) is 0 Å². The van der Waals surface area contributed by atoms with E-state index in [-0.39, 0.29) is 0 Å². The molecule has 33 heavy (non-hydrogen) atoms. The third kappa shape index (κ3) is 3.18. The van der Waals surface area contributed by atoms with Crippen molar-refractivity contribution in [3.8, 4) is 28.2 Å². The first-order valence-corrected chi connectivity index (χ1v) is 12.0. The minimum atomic E-state index is 1.08. The highest BCUT2D eigenvalue weighted by molar-refractivity contribution is 7.18. The van der Waals surface area contributed by atoms with Crippen molar-refractivity contribution in [3.63, 3.8) is 0 Å². The molecule has 0 bridgehead atoms. The maximum absolute atomic E-state index is 4.71. The number of aromatic nitrogens is 3. The van der Waals surface area contributed by atoms with Crippen molar-refractivity contribution < 1.29 is 4.57 Å². The average Bonchev–Trinajstić information content (AvgIpc) is 3.35. The molecule has 4 heteroatoms. The molecule has 0 saturated heterocycles. The van der Waals surface area contributed by atoms with Crippen LogP contribution in [0.3, 0.4) is 0 Å². The first-order chi connectivity index (χ1) is 16.1. The van der Waals surface area contributed by atoms with Crippen LogP contribution in [0.15, 0.2) is 91.0 Å². The topological polar surface area (TPSA) is 21.7 Å². The second-order valence-electron chi connectivity index (χ2n) is 8.46. The van der Waals surface area contributed by atoms with Crippen molar-refractivity contribution in [2.24, 2.45) is 7.05 Å². The van der Waals surface area contributed by atoms with Crippen molar-refractivity contribution >= 4 is 32.6 Å². The van der Waals surface area contributed by atoms with Gasteiger partial charge in [-0.2, -0.15) is 4.57 Å². The van der Waals surface area contributed by atoms with Crippen LogP contribution >= 0.6 is 11.3 Å². The Morgan fingerprint density at radius 3 is 2.36 bits per heavy atom. The Morgan fingerprint density at radius 1 is 0.788 bits per heavy atom. The summed E-state index contributed by atoms with van der Waals surface area (Å²) >= 11 is 1.75. The number of aryl methyl sites for hydroxylation is 3. The fourth-order valence-corrected chi connectivity index (χ4v) is 5.67. The van der Waals surface area contributed by atoms with Crippen LogP contribution in [0.5, 0.6) is 0 Å². The fraction of sp³-hybridized carbons (Fsp3) is 0.103. The summed E-state index contributed by atoms with van der Waals surface area (Å²) in [5.74, 6) is 1.17. The van der Waals surface area contributed by atoms with Crippen molar-refractivity contribution in [3.05, 3.63) is 102 Å². The number of nitrogens with zero attached hydrogens (tertiary/aromatic N) is 3. The van der Waals surface area contributed by atoms with Gasteiger partial charge in [0.25, 0.3) is 5.82 Å². The molecule has 6 aromatic rings. The molecule has 3 nitrogen and oxygen atoms in total. The first-order valence-electron chi connectivity index (χ1n) is 11.1. The van der Waals surface area contributed by atoms with E-state index in [0.717, 1.165) is 10.5 Å². The summed E-state index contributed by atoms with van der Waals surface area (Å²) in [4.78, 5) is 4.71. The van der Waals surface area contributed by atoms with E-state index in [1.54, 1.807) is 11.3 Å². The van der Waals surface area contributed by atoms with E-state index in [4.69, 9.17) is 4.98 Å². The normalized spacial score (nSPS) is 11.5. The second-order valence-corrected chi connectivity index (χ2v) is 9.69. The summed E-state index contributed by atoms with van der Waals surface area (Å²) in [6.45, 7) is 4.27. The van der Waals surface area contributed by atoms with Crippen LogP contribution in [0.25, 0.3) is 49.5 Å². The Hall–Kier alpha value is -3.76. The Balaban J connectivity index is 1.73. The van der Waals surface area contributed by atoms with E-state index in [0.29, 0.717) is 0 Å². The molecular weight excluding hydrogens is 422 g/mol. The van der Waals surface area contributed by atoms with Gasteiger partial charge in [0.15, 0.2) is 11.0 Å². The molecule has 0 aliphatic heterocycles. The van der Waals surface area contributed by atoms with Crippen LogP contribution in [-0.4, -0.2) is 9.55 Å². The van der Waals surface area contributed by atoms with E-state index >= 15 is 0 Å².